The number of ether oxygens (including phenoxy) is 3. The monoisotopic (exact) mass is 468 g/mol. The number of nitrogens with one attached hydrogen (secondary N) is 1. The molecule has 10 nitrogen and oxygen atoms in total. The summed E-state index contributed by atoms with van der Waals surface area (Å²) in [5.41, 5.74) is -0.390. The number of hydrogen-bond donors (Lipinski definition) is 1. The number of hydrogen-bond acceptors (Lipinski definition) is 8. The molecule has 2 aliphatic carbocycles. The Labute approximate surface area is 173 Å². The van der Waals surface area contributed by atoms with Gasteiger partial charge in [-0.05, 0) is 18.4 Å². The van der Waals surface area contributed by atoms with Crippen molar-refractivity contribution in [1.82, 2.24) is 0 Å². The van der Waals surface area contributed by atoms with Crippen LogP contribution in [0, 0.1) is 33.8 Å². The van der Waals surface area contributed by atoms with Crippen LogP contribution in [0.25, 0.3) is 0 Å². The van der Waals surface area contributed by atoms with E-state index < -0.39 is 41.2 Å². The van der Waals surface area contributed by atoms with E-state index in [0.717, 1.165) is 0 Å². The summed E-state index contributed by atoms with van der Waals surface area (Å²) in [6.07, 6.45) is 0.484. The molecule has 1 saturated heterocycles. The third-order valence-corrected chi connectivity index (χ3v) is 7.02. The number of fused-ring (bicyclic) bond motifs is 1. The molecule has 29 heavy (non-hydrogen) atoms. The second kappa shape index (κ2) is 7.29. The van der Waals surface area contributed by atoms with Crippen molar-refractivity contribution in [3.8, 4) is 5.75 Å². The Hall–Kier alpha value is -2.69. The Morgan fingerprint density at radius 1 is 1.38 bits per heavy atom. The molecule has 3 fully saturated rings. The van der Waals surface area contributed by atoms with Crippen LogP contribution in [0.3, 0.4) is 0 Å². The zero-order valence-electron chi connectivity index (χ0n) is 15.2. The molecule has 0 radical (unpaired) electrons. The van der Waals surface area contributed by atoms with Gasteiger partial charge in [0.2, 0.25) is 0 Å². The highest BCUT2D eigenvalue weighted by atomic mass is 79.9. The predicted octanol–water partition coefficient (Wildman–Crippen LogP) is 1.66. The van der Waals surface area contributed by atoms with E-state index in [1.54, 1.807) is 0 Å². The maximum atomic E-state index is 12.6. The lowest BCUT2D eigenvalue weighted by atomic mass is 9.80. The van der Waals surface area contributed by atoms with E-state index in [2.05, 4.69) is 21.2 Å². The van der Waals surface area contributed by atoms with Gasteiger partial charge in [-0.25, -0.2) is 0 Å². The molecule has 1 N–H and O–H groups in total. The first-order valence-electron chi connectivity index (χ1n) is 8.95. The van der Waals surface area contributed by atoms with Gasteiger partial charge in [0.05, 0.1) is 28.7 Å². The molecule has 0 unspecified atom stereocenters. The molecule has 1 aromatic rings. The molecular formula is C18H17BrN2O8. The number of rotatable bonds is 6. The second-order valence-electron chi connectivity index (χ2n) is 7.26. The molecule has 6 atom stereocenters. The third-order valence-electron chi connectivity index (χ3n) is 5.82. The lowest BCUT2D eigenvalue weighted by Gasteiger charge is -2.26. The Kier molecular flexibility index (Phi) is 4.93. The van der Waals surface area contributed by atoms with Gasteiger partial charge in [0.1, 0.15) is 17.5 Å². The molecule has 1 amide bonds. The summed E-state index contributed by atoms with van der Waals surface area (Å²) < 4.78 is 15.5. The van der Waals surface area contributed by atoms with Crippen LogP contribution in [0.15, 0.2) is 18.2 Å². The molecule has 154 valence electrons. The second-order valence-corrected chi connectivity index (χ2v) is 8.31. The number of methoxy groups -OCH3 is 1. The number of amides is 1. The summed E-state index contributed by atoms with van der Waals surface area (Å²) >= 11 is 3.50. The van der Waals surface area contributed by atoms with Crippen molar-refractivity contribution in [2.75, 3.05) is 19.0 Å². The smallest absolute Gasteiger partial charge is 0.310 e. The number of anilines is 1. The molecule has 2 bridgehead atoms. The van der Waals surface area contributed by atoms with Crippen molar-refractivity contribution in [2.24, 2.45) is 23.7 Å². The average molecular weight is 469 g/mol. The van der Waals surface area contributed by atoms with Gasteiger partial charge in [0.15, 0.2) is 6.61 Å². The van der Waals surface area contributed by atoms with Gasteiger partial charge in [0, 0.05) is 18.1 Å². The summed E-state index contributed by atoms with van der Waals surface area (Å²) in [4.78, 5) is 47.3. The fourth-order valence-corrected chi connectivity index (χ4v) is 5.66. The fraction of sp³-hybridized carbons (Fsp3) is 0.500. The van der Waals surface area contributed by atoms with E-state index in [4.69, 9.17) is 14.2 Å². The van der Waals surface area contributed by atoms with E-state index in [1.165, 1.54) is 25.3 Å². The average Bonchev–Trinajstić information content (AvgIpc) is 3.30. The maximum absolute atomic E-state index is 12.6. The van der Waals surface area contributed by atoms with E-state index in [9.17, 15) is 24.5 Å². The highest BCUT2D eigenvalue weighted by Crippen LogP contribution is 2.60. The van der Waals surface area contributed by atoms with Crippen LogP contribution in [-0.2, 0) is 23.9 Å². The number of carbonyl (C=O) groups excluding carboxylic acids is 3. The minimum absolute atomic E-state index is 0.0114. The molecule has 1 aromatic carbocycles. The quantitative estimate of drug-likeness (QED) is 0.288. The zero-order valence-corrected chi connectivity index (χ0v) is 16.8. The Morgan fingerprint density at radius 2 is 2.14 bits per heavy atom. The van der Waals surface area contributed by atoms with E-state index >= 15 is 0 Å². The molecular weight excluding hydrogens is 452 g/mol. The molecule has 3 aliphatic rings. The first-order chi connectivity index (χ1) is 13.8. The first-order valence-corrected chi connectivity index (χ1v) is 9.87. The molecule has 2 saturated carbocycles. The summed E-state index contributed by atoms with van der Waals surface area (Å²) in [6, 6.07) is 3.90. The van der Waals surface area contributed by atoms with Crippen LogP contribution in [0.1, 0.15) is 6.42 Å². The van der Waals surface area contributed by atoms with Crippen LogP contribution < -0.4 is 10.1 Å². The Balaban J connectivity index is 1.40. The van der Waals surface area contributed by atoms with Crippen molar-refractivity contribution in [3.63, 3.8) is 0 Å². The largest absolute Gasteiger partial charge is 0.497 e. The van der Waals surface area contributed by atoms with Gasteiger partial charge in [-0.1, -0.05) is 15.9 Å². The van der Waals surface area contributed by atoms with Crippen molar-refractivity contribution < 1.29 is 33.5 Å². The van der Waals surface area contributed by atoms with Crippen molar-refractivity contribution in [2.45, 2.75) is 17.4 Å². The highest BCUT2D eigenvalue weighted by molar-refractivity contribution is 9.09. The molecule has 1 heterocycles. The van der Waals surface area contributed by atoms with Gasteiger partial charge >= 0.3 is 11.9 Å². The highest BCUT2D eigenvalue weighted by Gasteiger charge is 2.68. The molecule has 0 spiro atoms. The van der Waals surface area contributed by atoms with E-state index in [1.807, 2.05) is 0 Å². The Bertz CT molecular complexity index is 906. The fourth-order valence-electron chi connectivity index (χ4n) is 4.61. The van der Waals surface area contributed by atoms with Gasteiger partial charge in [-0.2, -0.15) is 0 Å². The first kappa shape index (κ1) is 19.6. The molecule has 4 rings (SSSR count). The van der Waals surface area contributed by atoms with Gasteiger partial charge in [-0.3, -0.25) is 24.5 Å². The standard InChI is InChI=1S/C18H17BrN2O8/c1-27-7-2-3-11(21(25)26)10(4-7)20-12(22)6-28-17(23)13-8-5-9-14(13)18(24)29-16(9)15(8)19/h2-4,8-9,13-16H,5-6H2,1H3,(H,20,22)/t8-,9-,13-,14+,15+,16+/m1/s1. The van der Waals surface area contributed by atoms with E-state index in [0.29, 0.717) is 12.2 Å². The van der Waals surface area contributed by atoms with Gasteiger partial charge in [0.25, 0.3) is 11.6 Å². The van der Waals surface area contributed by atoms with Crippen molar-refractivity contribution in [3.05, 3.63) is 28.3 Å². The van der Waals surface area contributed by atoms with Crippen LogP contribution in [0.5, 0.6) is 5.75 Å². The maximum Gasteiger partial charge on any atom is 0.310 e. The summed E-state index contributed by atoms with van der Waals surface area (Å²) in [7, 11) is 1.39. The summed E-state index contributed by atoms with van der Waals surface area (Å²) in [5, 5.41) is 13.5. The number of nitrogens with zero attached hydrogens (tertiary/aromatic N) is 1. The SMILES string of the molecule is COc1ccc([N+](=O)[O-])c(NC(=O)COC(=O)[C@@H]2[C@H]3C[C@H]4[C@H](OC(=O)[C@@H]42)[C@H]3Br)c1. The number of carbonyl (C=O) groups is 3. The van der Waals surface area contributed by atoms with Crippen LogP contribution >= 0.6 is 15.9 Å². The normalized spacial score (nSPS) is 31.3. The molecule has 1 aliphatic heterocycles. The van der Waals surface area contributed by atoms with Crippen molar-refractivity contribution >= 4 is 45.2 Å². The number of nitro groups is 1. The minimum Gasteiger partial charge on any atom is -0.497 e. The third kappa shape index (κ3) is 3.22. The van der Waals surface area contributed by atoms with Crippen LogP contribution in [0.4, 0.5) is 11.4 Å². The predicted molar refractivity (Wildman–Crippen MR) is 100 cm³/mol. The lowest BCUT2D eigenvalue weighted by molar-refractivity contribution is -0.383. The van der Waals surface area contributed by atoms with Crippen molar-refractivity contribution in [1.29, 1.82) is 0 Å². The zero-order chi connectivity index (χ0) is 20.9. The van der Waals surface area contributed by atoms with Gasteiger partial charge < -0.3 is 19.5 Å². The summed E-state index contributed by atoms with van der Waals surface area (Å²) in [6.45, 7) is -0.626. The van der Waals surface area contributed by atoms with Gasteiger partial charge in [-0.15, -0.1) is 0 Å². The Morgan fingerprint density at radius 3 is 2.83 bits per heavy atom. The van der Waals surface area contributed by atoms with E-state index in [-0.39, 0.29) is 34.1 Å². The number of nitro benzene ring substituents is 1. The minimum atomic E-state index is -0.736. The number of alkyl halides is 1. The van der Waals surface area contributed by atoms with Crippen LogP contribution in [-0.4, -0.2) is 47.4 Å². The van der Waals surface area contributed by atoms with Crippen LogP contribution in [0.2, 0.25) is 0 Å². The topological polar surface area (TPSA) is 134 Å². The number of esters is 2. The lowest BCUT2D eigenvalue weighted by Crippen LogP contribution is -2.39. The molecule has 11 heteroatoms. The molecule has 0 aromatic heterocycles. The number of halogens is 1. The number of benzene rings is 1. The summed E-state index contributed by atoms with van der Waals surface area (Å²) in [5.74, 6) is -2.74.